The average Bonchev–Trinajstić information content (AvgIpc) is 2.64. The van der Waals surface area contributed by atoms with Crippen LogP contribution in [0.1, 0.15) is 32.4 Å². The highest BCUT2D eigenvalue weighted by molar-refractivity contribution is 5.09. The van der Waals surface area contributed by atoms with Gasteiger partial charge in [0.1, 0.15) is 0 Å². The molecule has 0 aromatic carbocycles. The quantitative estimate of drug-likeness (QED) is 0.795. The van der Waals surface area contributed by atoms with E-state index in [0.29, 0.717) is 12.1 Å². The van der Waals surface area contributed by atoms with Crippen LogP contribution in [0, 0.1) is 0 Å². The van der Waals surface area contributed by atoms with E-state index in [4.69, 9.17) is 0 Å². The van der Waals surface area contributed by atoms with E-state index in [1.54, 1.807) is 0 Å². The molecule has 16 heavy (non-hydrogen) atoms. The van der Waals surface area contributed by atoms with Crippen LogP contribution in [0.4, 0.5) is 0 Å². The number of nitrogens with zero attached hydrogens (tertiary/aromatic N) is 3. The minimum atomic E-state index is 0.357. The zero-order valence-corrected chi connectivity index (χ0v) is 11.1. The Balaban J connectivity index is 2.48. The minimum Gasteiger partial charge on any atom is -0.308 e. The summed E-state index contributed by atoms with van der Waals surface area (Å²) in [6.45, 7) is 8.47. The first kappa shape index (κ1) is 13.2. The number of hydrogen-bond acceptors (Lipinski definition) is 3. The van der Waals surface area contributed by atoms with Crippen molar-refractivity contribution in [1.29, 1.82) is 0 Å². The van der Waals surface area contributed by atoms with Gasteiger partial charge >= 0.3 is 0 Å². The summed E-state index contributed by atoms with van der Waals surface area (Å²) < 4.78 is 1.96. The van der Waals surface area contributed by atoms with Gasteiger partial charge in [-0.05, 0) is 34.9 Å². The first-order valence-corrected chi connectivity index (χ1v) is 5.96. The van der Waals surface area contributed by atoms with Crippen molar-refractivity contribution >= 4 is 0 Å². The average molecular weight is 224 g/mol. The predicted octanol–water partition coefficient (Wildman–Crippen LogP) is 1.50. The fourth-order valence-corrected chi connectivity index (χ4v) is 1.90. The van der Waals surface area contributed by atoms with Crippen LogP contribution in [0.3, 0.4) is 0 Å². The van der Waals surface area contributed by atoms with E-state index < -0.39 is 0 Å². The Morgan fingerprint density at radius 2 is 2.12 bits per heavy atom. The summed E-state index contributed by atoms with van der Waals surface area (Å²) in [6.07, 6.45) is 4.06. The van der Waals surface area contributed by atoms with E-state index >= 15 is 0 Å². The molecule has 0 radical (unpaired) electrons. The molecule has 0 spiro atoms. The Hall–Kier alpha value is -0.870. The molecule has 1 rings (SSSR count). The van der Waals surface area contributed by atoms with Gasteiger partial charge in [0, 0.05) is 36.9 Å². The lowest BCUT2D eigenvalue weighted by atomic mass is 10.1. The molecule has 0 saturated heterocycles. The summed E-state index contributed by atoms with van der Waals surface area (Å²) >= 11 is 0. The molecule has 2 atom stereocenters. The molecule has 1 N–H and O–H groups in total. The minimum absolute atomic E-state index is 0.357. The van der Waals surface area contributed by atoms with E-state index in [-0.39, 0.29) is 0 Å². The first-order chi connectivity index (χ1) is 7.52. The molecule has 0 saturated carbocycles. The van der Waals surface area contributed by atoms with Gasteiger partial charge < -0.3 is 10.2 Å². The molecule has 4 heteroatoms. The normalized spacial score (nSPS) is 15.4. The lowest BCUT2D eigenvalue weighted by Gasteiger charge is -2.22. The molecule has 0 fully saturated rings. The van der Waals surface area contributed by atoms with Gasteiger partial charge in [-0.3, -0.25) is 4.68 Å². The molecule has 1 heterocycles. The molecule has 0 bridgehead atoms. The van der Waals surface area contributed by atoms with Crippen LogP contribution in [0.25, 0.3) is 0 Å². The van der Waals surface area contributed by atoms with Crippen molar-refractivity contribution < 1.29 is 0 Å². The lowest BCUT2D eigenvalue weighted by Crippen LogP contribution is -2.37. The van der Waals surface area contributed by atoms with Crippen molar-refractivity contribution in [2.24, 2.45) is 0 Å². The highest BCUT2D eigenvalue weighted by Crippen LogP contribution is 2.11. The smallest absolute Gasteiger partial charge is 0.0537 e. The van der Waals surface area contributed by atoms with Crippen LogP contribution in [-0.4, -0.2) is 41.4 Å². The predicted molar refractivity (Wildman–Crippen MR) is 67.5 cm³/mol. The summed E-state index contributed by atoms with van der Waals surface area (Å²) in [4.78, 5) is 2.19. The van der Waals surface area contributed by atoms with E-state index in [9.17, 15) is 0 Å². The molecular weight excluding hydrogens is 200 g/mol. The summed E-state index contributed by atoms with van der Waals surface area (Å²) in [5, 5.41) is 7.86. The molecular formula is C12H24N4. The van der Waals surface area contributed by atoms with Gasteiger partial charge in [-0.25, -0.2) is 0 Å². The van der Waals surface area contributed by atoms with Crippen LogP contribution < -0.4 is 5.32 Å². The number of aryl methyl sites for hydroxylation is 1. The first-order valence-electron chi connectivity index (χ1n) is 5.96. The number of rotatable bonds is 6. The van der Waals surface area contributed by atoms with Gasteiger partial charge in [0.25, 0.3) is 0 Å². The summed E-state index contributed by atoms with van der Waals surface area (Å²) in [5.41, 5.74) is 1.26. The molecule has 4 nitrogen and oxygen atoms in total. The van der Waals surface area contributed by atoms with Crippen LogP contribution in [0.5, 0.6) is 0 Å². The number of aromatic nitrogens is 2. The Morgan fingerprint density at radius 3 is 2.62 bits per heavy atom. The van der Waals surface area contributed by atoms with Gasteiger partial charge in [0.15, 0.2) is 0 Å². The van der Waals surface area contributed by atoms with Crippen molar-refractivity contribution in [3.8, 4) is 0 Å². The second-order valence-corrected chi connectivity index (χ2v) is 4.68. The van der Waals surface area contributed by atoms with Crippen LogP contribution in [-0.2, 0) is 6.54 Å². The van der Waals surface area contributed by atoms with E-state index in [2.05, 4.69) is 56.4 Å². The second kappa shape index (κ2) is 6.01. The Kier molecular flexibility index (Phi) is 4.96. The fourth-order valence-electron chi connectivity index (χ4n) is 1.90. The third-order valence-electron chi connectivity index (χ3n) is 2.65. The van der Waals surface area contributed by atoms with Gasteiger partial charge in [0.05, 0.1) is 6.20 Å². The van der Waals surface area contributed by atoms with Crippen LogP contribution in [0.2, 0.25) is 0 Å². The highest BCUT2D eigenvalue weighted by atomic mass is 15.3. The van der Waals surface area contributed by atoms with Crippen molar-refractivity contribution in [3.05, 3.63) is 18.0 Å². The Morgan fingerprint density at radius 1 is 1.44 bits per heavy atom. The number of likely N-dealkylation sites (N-methyl/N-ethyl adjacent to an activating group) is 1. The van der Waals surface area contributed by atoms with Crippen molar-refractivity contribution in [2.45, 2.75) is 39.4 Å². The standard InChI is InChI=1S/C12H24N4/c1-6-16-9-12(7-13-16)11(3)14-10(2)8-15(4)5/h7,9-11,14H,6,8H2,1-5H3. The summed E-state index contributed by atoms with van der Waals surface area (Å²) in [6, 6.07) is 0.838. The zero-order chi connectivity index (χ0) is 12.1. The molecule has 0 aliphatic heterocycles. The largest absolute Gasteiger partial charge is 0.308 e. The third-order valence-corrected chi connectivity index (χ3v) is 2.65. The monoisotopic (exact) mass is 224 g/mol. The Bertz CT molecular complexity index is 306. The topological polar surface area (TPSA) is 33.1 Å². The maximum Gasteiger partial charge on any atom is 0.0537 e. The third kappa shape index (κ3) is 3.94. The SMILES string of the molecule is CCn1cc(C(C)NC(C)CN(C)C)cn1. The number of nitrogens with one attached hydrogen (secondary N) is 1. The van der Waals surface area contributed by atoms with Crippen LogP contribution in [0.15, 0.2) is 12.4 Å². The van der Waals surface area contributed by atoms with Crippen molar-refractivity contribution in [2.75, 3.05) is 20.6 Å². The molecule has 1 aromatic rings. The highest BCUT2D eigenvalue weighted by Gasteiger charge is 2.11. The van der Waals surface area contributed by atoms with E-state index in [1.807, 2.05) is 10.9 Å². The van der Waals surface area contributed by atoms with Gasteiger partial charge in [-0.15, -0.1) is 0 Å². The lowest BCUT2D eigenvalue weighted by molar-refractivity contribution is 0.334. The van der Waals surface area contributed by atoms with Crippen molar-refractivity contribution in [3.63, 3.8) is 0 Å². The number of hydrogen-bond donors (Lipinski definition) is 1. The van der Waals surface area contributed by atoms with Crippen molar-refractivity contribution in [1.82, 2.24) is 20.0 Å². The van der Waals surface area contributed by atoms with Crippen LogP contribution >= 0.6 is 0 Å². The van der Waals surface area contributed by atoms with Gasteiger partial charge in [-0.2, -0.15) is 5.10 Å². The van der Waals surface area contributed by atoms with Gasteiger partial charge in [0.2, 0.25) is 0 Å². The molecule has 1 aromatic heterocycles. The van der Waals surface area contributed by atoms with E-state index in [0.717, 1.165) is 13.1 Å². The molecule has 92 valence electrons. The van der Waals surface area contributed by atoms with E-state index in [1.165, 1.54) is 5.56 Å². The van der Waals surface area contributed by atoms with Gasteiger partial charge in [-0.1, -0.05) is 0 Å². The molecule has 0 amide bonds. The maximum absolute atomic E-state index is 4.29. The maximum atomic E-state index is 4.29. The summed E-state index contributed by atoms with van der Waals surface area (Å²) in [7, 11) is 4.19. The molecule has 0 aliphatic carbocycles. The Labute approximate surface area is 98.6 Å². The summed E-state index contributed by atoms with van der Waals surface area (Å²) in [5.74, 6) is 0. The molecule has 2 unspecified atom stereocenters. The molecule has 0 aliphatic rings. The fraction of sp³-hybridized carbons (Fsp3) is 0.750. The zero-order valence-electron chi connectivity index (χ0n) is 11.1. The second-order valence-electron chi connectivity index (χ2n) is 4.68.